The molecule has 2 aromatic carbocycles. The number of nitrogens with zero attached hydrogens (tertiary/aromatic N) is 4. The predicted molar refractivity (Wildman–Crippen MR) is 83.0 cm³/mol. The van der Waals surface area contributed by atoms with Crippen molar-refractivity contribution in [1.29, 1.82) is 0 Å². The van der Waals surface area contributed by atoms with Gasteiger partial charge < -0.3 is 10.4 Å². The molecule has 1 aliphatic rings. The van der Waals surface area contributed by atoms with E-state index in [0.717, 1.165) is 16.8 Å². The maximum atomic E-state index is 11.3. The summed E-state index contributed by atoms with van der Waals surface area (Å²) < 4.78 is 1.68. The van der Waals surface area contributed by atoms with E-state index in [1.807, 2.05) is 37.3 Å². The summed E-state index contributed by atoms with van der Waals surface area (Å²) in [4.78, 5) is 11.3. The predicted octanol–water partition coefficient (Wildman–Crippen LogP) is 2.18. The van der Waals surface area contributed by atoms with Gasteiger partial charge in [0.1, 0.15) is 0 Å². The van der Waals surface area contributed by atoms with Crippen LogP contribution in [0, 0.1) is 0 Å². The summed E-state index contributed by atoms with van der Waals surface area (Å²) in [5.74, 6) is -0.328. The Morgan fingerprint density at radius 3 is 2.87 bits per heavy atom. The summed E-state index contributed by atoms with van der Waals surface area (Å²) >= 11 is 0. The highest BCUT2D eigenvalue weighted by atomic mass is 16.4. The summed E-state index contributed by atoms with van der Waals surface area (Å²) in [6, 6.07) is 14.5. The number of carboxylic acid groups (broad SMARTS) is 1. The summed E-state index contributed by atoms with van der Waals surface area (Å²) in [5.41, 5.74) is 2.01. The highest BCUT2D eigenvalue weighted by Gasteiger charge is 2.38. The van der Waals surface area contributed by atoms with Gasteiger partial charge in [-0.2, -0.15) is 4.68 Å². The molecule has 7 nitrogen and oxygen atoms in total. The van der Waals surface area contributed by atoms with Crippen LogP contribution in [0.4, 0.5) is 5.69 Å². The van der Waals surface area contributed by atoms with Crippen molar-refractivity contribution in [3.63, 3.8) is 0 Å². The van der Waals surface area contributed by atoms with Crippen LogP contribution in [-0.2, 0) is 5.66 Å². The largest absolute Gasteiger partial charge is 0.478 e. The lowest BCUT2D eigenvalue weighted by molar-refractivity contribution is 0.0696. The molecule has 4 rings (SSSR count). The molecule has 0 fully saturated rings. The molecule has 2 heterocycles. The van der Waals surface area contributed by atoms with Gasteiger partial charge in [0.15, 0.2) is 11.5 Å². The number of carbonyl (C=O) groups is 1. The zero-order valence-electron chi connectivity index (χ0n) is 12.3. The van der Waals surface area contributed by atoms with Gasteiger partial charge in [0.05, 0.1) is 5.56 Å². The van der Waals surface area contributed by atoms with Gasteiger partial charge in [-0.25, -0.2) is 4.79 Å². The second kappa shape index (κ2) is 4.64. The van der Waals surface area contributed by atoms with E-state index in [4.69, 9.17) is 0 Å². The molecule has 7 heteroatoms. The van der Waals surface area contributed by atoms with Crippen molar-refractivity contribution in [2.24, 2.45) is 0 Å². The zero-order valence-corrected chi connectivity index (χ0v) is 12.3. The Labute approximate surface area is 131 Å². The van der Waals surface area contributed by atoms with Gasteiger partial charge in [-0.05, 0) is 41.6 Å². The number of nitrogens with one attached hydrogen (secondary N) is 1. The molecule has 1 aliphatic heterocycles. The Kier molecular flexibility index (Phi) is 2.71. The Morgan fingerprint density at radius 2 is 2.04 bits per heavy atom. The van der Waals surface area contributed by atoms with Gasteiger partial charge in [-0.3, -0.25) is 0 Å². The summed E-state index contributed by atoms with van der Waals surface area (Å²) in [6.45, 7) is 1.92. The molecule has 23 heavy (non-hydrogen) atoms. The maximum absolute atomic E-state index is 11.3. The molecule has 0 unspecified atom stereocenters. The van der Waals surface area contributed by atoms with E-state index < -0.39 is 11.6 Å². The summed E-state index contributed by atoms with van der Waals surface area (Å²) in [6.07, 6.45) is 0. The third-order valence-electron chi connectivity index (χ3n) is 4.11. The van der Waals surface area contributed by atoms with E-state index in [0.29, 0.717) is 5.82 Å². The maximum Gasteiger partial charge on any atom is 0.335 e. The number of fused-ring (bicyclic) bond motifs is 3. The number of benzene rings is 2. The molecule has 0 bridgehead atoms. The van der Waals surface area contributed by atoms with E-state index in [9.17, 15) is 9.90 Å². The van der Waals surface area contributed by atoms with Crippen molar-refractivity contribution in [1.82, 2.24) is 20.2 Å². The van der Waals surface area contributed by atoms with Gasteiger partial charge in [0.2, 0.25) is 0 Å². The SMILES string of the molecule is C[C@]1(c2cccc(C(=O)O)c2)Nc2ccccc2-c2nnnn21. The zero-order chi connectivity index (χ0) is 16.0. The molecule has 0 saturated heterocycles. The molecule has 0 amide bonds. The lowest BCUT2D eigenvalue weighted by Crippen LogP contribution is -2.43. The number of para-hydroxylation sites is 1. The Morgan fingerprint density at radius 1 is 1.22 bits per heavy atom. The van der Waals surface area contributed by atoms with Crippen molar-refractivity contribution in [2.75, 3.05) is 5.32 Å². The van der Waals surface area contributed by atoms with Crippen molar-refractivity contribution in [2.45, 2.75) is 12.6 Å². The molecule has 114 valence electrons. The third kappa shape index (κ3) is 1.90. The second-order valence-corrected chi connectivity index (χ2v) is 5.54. The fraction of sp³-hybridized carbons (Fsp3) is 0.125. The number of tetrazole rings is 1. The fourth-order valence-corrected chi connectivity index (χ4v) is 2.91. The molecule has 0 radical (unpaired) electrons. The van der Waals surface area contributed by atoms with Crippen molar-refractivity contribution >= 4 is 11.7 Å². The lowest BCUT2D eigenvalue weighted by Gasteiger charge is -2.37. The average molecular weight is 307 g/mol. The topological polar surface area (TPSA) is 92.9 Å². The first kappa shape index (κ1) is 13.4. The molecule has 0 aliphatic carbocycles. The molecule has 1 aromatic heterocycles. The standard InChI is InChI=1S/C16H13N5O2/c1-16(11-6-4-5-10(9-11)15(22)23)17-13-8-3-2-7-12(13)14-18-19-20-21(14)16/h2-9,17H,1H3,(H,22,23)/t16-/m0/s1. The third-order valence-corrected chi connectivity index (χ3v) is 4.11. The molecular formula is C16H13N5O2. The first-order valence-corrected chi connectivity index (χ1v) is 7.10. The van der Waals surface area contributed by atoms with Crippen molar-refractivity contribution < 1.29 is 9.90 Å². The van der Waals surface area contributed by atoms with E-state index >= 15 is 0 Å². The highest BCUT2D eigenvalue weighted by Crippen LogP contribution is 2.39. The smallest absolute Gasteiger partial charge is 0.335 e. The monoisotopic (exact) mass is 307 g/mol. The number of carboxylic acids is 1. The Hall–Kier alpha value is -3.22. The van der Waals surface area contributed by atoms with E-state index in [2.05, 4.69) is 20.8 Å². The van der Waals surface area contributed by atoms with Crippen LogP contribution in [0.15, 0.2) is 48.5 Å². The first-order chi connectivity index (χ1) is 11.1. The quantitative estimate of drug-likeness (QED) is 0.754. The molecule has 3 aromatic rings. The normalized spacial score (nSPS) is 18.7. The van der Waals surface area contributed by atoms with Crippen molar-refractivity contribution in [3.8, 4) is 11.4 Å². The van der Waals surface area contributed by atoms with Gasteiger partial charge in [0.25, 0.3) is 0 Å². The van der Waals surface area contributed by atoms with Crippen molar-refractivity contribution in [3.05, 3.63) is 59.7 Å². The van der Waals surface area contributed by atoms with Gasteiger partial charge in [-0.1, -0.05) is 24.3 Å². The number of anilines is 1. The second-order valence-electron chi connectivity index (χ2n) is 5.54. The molecular weight excluding hydrogens is 294 g/mol. The van der Waals surface area contributed by atoms with E-state index in [1.165, 1.54) is 0 Å². The van der Waals surface area contributed by atoms with Gasteiger partial charge >= 0.3 is 5.97 Å². The summed E-state index contributed by atoms with van der Waals surface area (Å²) in [7, 11) is 0. The van der Waals surface area contributed by atoms with Gasteiger partial charge in [0, 0.05) is 16.8 Å². The van der Waals surface area contributed by atoms with Crippen LogP contribution in [0.2, 0.25) is 0 Å². The molecule has 0 saturated carbocycles. The number of aromatic nitrogens is 4. The van der Waals surface area contributed by atoms with Crippen LogP contribution in [-0.4, -0.2) is 31.3 Å². The summed E-state index contributed by atoms with van der Waals surface area (Å²) in [5, 5.41) is 24.7. The van der Waals surface area contributed by atoms with E-state index in [1.54, 1.807) is 22.9 Å². The Balaban J connectivity index is 1.93. The van der Waals surface area contributed by atoms with Crippen LogP contribution in [0.5, 0.6) is 0 Å². The van der Waals surface area contributed by atoms with Crippen LogP contribution >= 0.6 is 0 Å². The van der Waals surface area contributed by atoms with Crippen LogP contribution in [0.3, 0.4) is 0 Å². The minimum absolute atomic E-state index is 0.221. The number of aromatic carboxylic acids is 1. The van der Waals surface area contributed by atoms with Crippen LogP contribution in [0.1, 0.15) is 22.8 Å². The fourth-order valence-electron chi connectivity index (χ4n) is 2.91. The molecule has 1 atom stereocenters. The minimum Gasteiger partial charge on any atom is -0.478 e. The highest BCUT2D eigenvalue weighted by molar-refractivity contribution is 5.88. The average Bonchev–Trinajstić information content (AvgIpc) is 3.06. The number of rotatable bonds is 2. The lowest BCUT2D eigenvalue weighted by atomic mass is 9.95. The van der Waals surface area contributed by atoms with Crippen LogP contribution in [0.25, 0.3) is 11.4 Å². The number of hydrogen-bond acceptors (Lipinski definition) is 5. The Bertz CT molecular complexity index is 920. The molecule has 2 N–H and O–H groups in total. The van der Waals surface area contributed by atoms with E-state index in [-0.39, 0.29) is 5.56 Å². The minimum atomic E-state index is -0.969. The number of hydrogen-bond donors (Lipinski definition) is 2. The van der Waals surface area contributed by atoms with Gasteiger partial charge in [-0.15, -0.1) is 5.10 Å². The molecule has 0 spiro atoms. The van der Waals surface area contributed by atoms with Crippen LogP contribution < -0.4 is 5.32 Å². The first-order valence-electron chi connectivity index (χ1n) is 7.10.